The van der Waals surface area contributed by atoms with Gasteiger partial charge in [0.25, 0.3) is 0 Å². The zero-order chi connectivity index (χ0) is 17.3. The Morgan fingerprint density at radius 3 is 2.17 bits per heavy atom. The predicted octanol–water partition coefficient (Wildman–Crippen LogP) is 2.97. The van der Waals surface area contributed by atoms with E-state index in [2.05, 4.69) is 0 Å². The van der Waals surface area contributed by atoms with Crippen molar-refractivity contribution in [3.63, 3.8) is 0 Å². The van der Waals surface area contributed by atoms with Gasteiger partial charge in [-0.15, -0.1) is 0 Å². The summed E-state index contributed by atoms with van der Waals surface area (Å²) in [6.07, 6.45) is 3.33. The van der Waals surface area contributed by atoms with E-state index in [1.807, 2.05) is 63.2 Å². The number of aromatic nitrogens is 2. The van der Waals surface area contributed by atoms with Crippen LogP contribution in [0.15, 0.2) is 64.4 Å². The minimum Gasteiger partial charge on any atom is -0.305 e. The van der Waals surface area contributed by atoms with Crippen molar-refractivity contribution in [1.29, 1.82) is 0 Å². The molecule has 0 spiro atoms. The molecule has 0 aliphatic rings. The molecule has 0 amide bonds. The number of hydrogen-bond donors (Lipinski definition) is 0. The van der Waals surface area contributed by atoms with Crippen LogP contribution in [0.5, 0.6) is 0 Å². The second-order valence-electron chi connectivity index (χ2n) is 6.24. The minimum absolute atomic E-state index is 0.392. The van der Waals surface area contributed by atoms with Crippen molar-refractivity contribution in [1.82, 2.24) is 9.13 Å². The molecule has 0 bridgehead atoms. The SMILES string of the molecule is Cc1cccc(Cn2ccn(-c3cc(C)cc(C)c3)c(=O)c2=O)c1. The molecule has 0 saturated carbocycles. The molecule has 0 radical (unpaired) electrons. The van der Waals surface area contributed by atoms with E-state index in [9.17, 15) is 9.59 Å². The summed E-state index contributed by atoms with van der Waals surface area (Å²) in [6, 6.07) is 13.8. The maximum absolute atomic E-state index is 12.5. The van der Waals surface area contributed by atoms with Gasteiger partial charge in [-0.05, 0) is 49.6 Å². The van der Waals surface area contributed by atoms with E-state index >= 15 is 0 Å². The zero-order valence-corrected chi connectivity index (χ0v) is 14.1. The molecule has 0 aliphatic carbocycles. The van der Waals surface area contributed by atoms with Crippen LogP contribution >= 0.6 is 0 Å². The van der Waals surface area contributed by atoms with E-state index in [0.717, 1.165) is 27.9 Å². The summed E-state index contributed by atoms with van der Waals surface area (Å²) in [4.78, 5) is 25.0. The number of hydrogen-bond acceptors (Lipinski definition) is 2. The van der Waals surface area contributed by atoms with Crippen molar-refractivity contribution in [2.45, 2.75) is 27.3 Å². The Bertz CT molecular complexity index is 992. The number of rotatable bonds is 3. The average molecular weight is 320 g/mol. The highest BCUT2D eigenvalue weighted by molar-refractivity contribution is 5.39. The third kappa shape index (κ3) is 3.23. The zero-order valence-electron chi connectivity index (χ0n) is 14.1. The van der Waals surface area contributed by atoms with Crippen molar-refractivity contribution in [3.8, 4) is 5.69 Å². The van der Waals surface area contributed by atoms with Crippen LogP contribution in [0.2, 0.25) is 0 Å². The van der Waals surface area contributed by atoms with Crippen LogP contribution in [0.4, 0.5) is 0 Å². The summed E-state index contributed by atoms with van der Waals surface area (Å²) in [6.45, 7) is 6.34. The fraction of sp³-hybridized carbons (Fsp3) is 0.200. The van der Waals surface area contributed by atoms with Crippen molar-refractivity contribution >= 4 is 0 Å². The second-order valence-corrected chi connectivity index (χ2v) is 6.24. The lowest BCUT2D eigenvalue weighted by atomic mass is 10.1. The van der Waals surface area contributed by atoms with Gasteiger partial charge in [-0.3, -0.25) is 14.2 Å². The maximum Gasteiger partial charge on any atom is 0.320 e. The first kappa shape index (κ1) is 16.0. The molecule has 4 nitrogen and oxygen atoms in total. The highest BCUT2D eigenvalue weighted by Crippen LogP contribution is 2.11. The Morgan fingerprint density at radius 2 is 1.50 bits per heavy atom. The third-order valence-corrected chi connectivity index (χ3v) is 3.98. The highest BCUT2D eigenvalue weighted by Gasteiger charge is 2.08. The summed E-state index contributed by atoms with van der Waals surface area (Å²) >= 11 is 0. The van der Waals surface area contributed by atoms with Gasteiger partial charge in [0.15, 0.2) is 0 Å². The molecular formula is C20H20N2O2. The summed E-state index contributed by atoms with van der Waals surface area (Å²) in [5, 5.41) is 0. The van der Waals surface area contributed by atoms with Crippen LogP contribution in [0, 0.1) is 20.8 Å². The third-order valence-electron chi connectivity index (χ3n) is 3.98. The minimum atomic E-state index is -0.532. The first-order chi connectivity index (χ1) is 11.4. The summed E-state index contributed by atoms with van der Waals surface area (Å²) in [7, 11) is 0. The predicted molar refractivity (Wildman–Crippen MR) is 96.1 cm³/mol. The van der Waals surface area contributed by atoms with Crippen LogP contribution in [0.25, 0.3) is 5.69 Å². The Balaban J connectivity index is 2.03. The molecule has 0 aliphatic heterocycles. The Hall–Kier alpha value is -2.88. The molecule has 4 heteroatoms. The quantitative estimate of drug-likeness (QED) is 0.696. The standard InChI is InChI=1S/C20H20N2O2/c1-14-5-4-6-17(10-14)13-21-7-8-22(20(24)19(21)23)18-11-15(2)9-16(3)12-18/h4-12H,13H2,1-3H3. The second kappa shape index (κ2) is 6.32. The molecule has 1 aromatic heterocycles. The van der Waals surface area contributed by atoms with Crippen LogP contribution in [0.3, 0.4) is 0 Å². The first-order valence-electron chi connectivity index (χ1n) is 7.90. The van der Waals surface area contributed by atoms with Gasteiger partial charge in [0, 0.05) is 18.1 Å². The van der Waals surface area contributed by atoms with E-state index in [4.69, 9.17) is 0 Å². The summed E-state index contributed by atoms with van der Waals surface area (Å²) in [5.74, 6) is 0. The molecule has 0 N–H and O–H groups in total. The molecule has 0 fully saturated rings. The topological polar surface area (TPSA) is 44.0 Å². The van der Waals surface area contributed by atoms with E-state index in [0.29, 0.717) is 6.54 Å². The lowest BCUT2D eigenvalue weighted by Gasteiger charge is -2.11. The molecule has 0 saturated heterocycles. The van der Waals surface area contributed by atoms with E-state index in [1.165, 1.54) is 9.13 Å². The van der Waals surface area contributed by atoms with Gasteiger partial charge in [-0.1, -0.05) is 35.9 Å². The number of benzene rings is 2. The first-order valence-corrected chi connectivity index (χ1v) is 7.90. The van der Waals surface area contributed by atoms with Crippen LogP contribution < -0.4 is 11.1 Å². The molecule has 2 aromatic carbocycles. The van der Waals surface area contributed by atoms with Gasteiger partial charge in [-0.25, -0.2) is 0 Å². The normalized spacial score (nSPS) is 10.8. The van der Waals surface area contributed by atoms with Crippen molar-refractivity contribution < 1.29 is 0 Å². The molecule has 3 rings (SSSR count). The Kier molecular flexibility index (Phi) is 4.21. The Morgan fingerprint density at radius 1 is 0.792 bits per heavy atom. The van der Waals surface area contributed by atoms with Crippen LogP contribution in [-0.2, 0) is 6.54 Å². The molecule has 1 heterocycles. The van der Waals surface area contributed by atoms with Crippen molar-refractivity contribution in [3.05, 3.63) is 97.8 Å². The lowest BCUT2D eigenvalue weighted by Crippen LogP contribution is -2.40. The van der Waals surface area contributed by atoms with E-state index in [-0.39, 0.29) is 0 Å². The fourth-order valence-electron chi connectivity index (χ4n) is 2.93. The van der Waals surface area contributed by atoms with Crippen LogP contribution in [0.1, 0.15) is 22.3 Å². The number of aryl methyl sites for hydroxylation is 3. The highest BCUT2D eigenvalue weighted by atomic mass is 16.2. The maximum atomic E-state index is 12.5. The van der Waals surface area contributed by atoms with Gasteiger partial charge >= 0.3 is 11.1 Å². The molecule has 3 aromatic rings. The van der Waals surface area contributed by atoms with Crippen molar-refractivity contribution in [2.24, 2.45) is 0 Å². The molecule has 0 unspecified atom stereocenters. The van der Waals surface area contributed by atoms with E-state index in [1.54, 1.807) is 12.4 Å². The fourth-order valence-corrected chi connectivity index (χ4v) is 2.93. The van der Waals surface area contributed by atoms with Crippen molar-refractivity contribution in [2.75, 3.05) is 0 Å². The smallest absolute Gasteiger partial charge is 0.305 e. The van der Waals surface area contributed by atoms with Gasteiger partial charge in [-0.2, -0.15) is 0 Å². The molecule has 24 heavy (non-hydrogen) atoms. The Labute approximate surface area is 140 Å². The number of nitrogens with zero attached hydrogens (tertiary/aromatic N) is 2. The summed E-state index contributed by atoms with van der Waals surface area (Å²) in [5.41, 5.74) is 3.91. The van der Waals surface area contributed by atoms with Gasteiger partial charge in [0.05, 0.1) is 6.54 Å². The molecular weight excluding hydrogens is 300 g/mol. The lowest BCUT2D eigenvalue weighted by molar-refractivity contribution is 0.717. The molecule has 0 atom stereocenters. The molecule has 122 valence electrons. The largest absolute Gasteiger partial charge is 0.320 e. The van der Waals surface area contributed by atoms with Gasteiger partial charge in [0.1, 0.15) is 0 Å². The van der Waals surface area contributed by atoms with E-state index < -0.39 is 11.1 Å². The average Bonchev–Trinajstić information content (AvgIpc) is 2.51. The summed E-state index contributed by atoms with van der Waals surface area (Å²) < 4.78 is 2.87. The van der Waals surface area contributed by atoms with Crippen LogP contribution in [-0.4, -0.2) is 9.13 Å². The monoisotopic (exact) mass is 320 g/mol. The van der Waals surface area contributed by atoms with Gasteiger partial charge < -0.3 is 4.57 Å². The van der Waals surface area contributed by atoms with Gasteiger partial charge in [0.2, 0.25) is 0 Å².